The van der Waals surface area contributed by atoms with Gasteiger partial charge in [0, 0.05) is 29.1 Å². The number of thiazole rings is 1. The van der Waals surface area contributed by atoms with Gasteiger partial charge in [0.15, 0.2) is 0 Å². The van der Waals surface area contributed by atoms with Gasteiger partial charge in [-0.15, -0.1) is 11.3 Å². The molecule has 136 valence electrons. The standard InChI is InChI=1S/C19H15BrN4OS2/c20-17-12-26-19(22-17)24-11-15(18(23-24)14-4-2-1-3-5-14)10-13-6-8-16(9-7-13)27(21)25/h1-9,11-12H,10,21H2. The summed E-state index contributed by atoms with van der Waals surface area (Å²) < 4.78 is 14.0. The summed E-state index contributed by atoms with van der Waals surface area (Å²) in [7, 11) is -1.46. The highest BCUT2D eigenvalue weighted by molar-refractivity contribution is 9.10. The van der Waals surface area contributed by atoms with E-state index in [-0.39, 0.29) is 0 Å². The van der Waals surface area contributed by atoms with E-state index in [1.54, 1.807) is 12.1 Å². The molecule has 0 aliphatic carbocycles. The highest BCUT2D eigenvalue weighted by Gasteiger charge is 2.14. The first-order chi connectivity index (χ1) is 13.1. The molecular formula is C19H15BrN4OS2. The minimum absolute atomic E-state index is 0.616. The molecule has 0 saturated heterocycles. The molecule has 2 aromatic carbocycles. The summed E-state index contributed by atoms with van der Waals surface area (Å²) in [4.78, 5) is 5.07. The first-order valence-corrected chi connectivity index (χ1v) is 11.0. The minimum Gasteiger partial charge on any atom is -0.248 e. The molecule has 4 aromatic rings. The van der Waals surface area contributed by atoms with Crippen LogP contribution in [0.15, 0.2) is 75.7 Å². The molecule has 0 radical (unpaired) electrons. The topological polar surface area (TPSA) is 73.8 Å². The van der Waals surface area contributed by atoms with Crippen LogP contribution in [0.4, 0.5) is 0 Å². The fourth-order valence-electron chi connectivity index (χ4n) is 2.79. The van der Waals surface area contributed by atoms with Gasteiger partial charge in [0.1, 0.15) is 15.6 Å². The third kappa shape index (κ3) is 4.08. The van der Waals surface area contributed by atoms with Crippen molar-refractivity contribution in [3.63, 3.8) is 0 Å². The lowest BCUT2D eigenvalue weighted by Crippen LogP contribution is -2.02. The lowest BCUT2D eigenvalue weighted by molar-refractivity contribution is 0.684. The van der Waals surface area contributed by atoms with Crippen LogP contribution in [0.3, 0.4) is 0 Å². The average Bonchev–Trinajstić information content (AvgIpc) is 3.29. The number of halogens is 1. The van der Waals surface area contributed by atoms with Gasteiger partial charge in [-0.3, -0.25) is 0 Å². The van der Waals surface area contributed by atoms with Gasteiger partial charge < -0.3 is 0 Å². The van der Waals surface area contributed by atoms with Crippen molar-refractivity contribution < 1.29 is 4.21 Å². The molecule has 2 N–H and O–H groups in total. The summed E-state index contributed by atoms with van der Waals surface area (Å²) in [6.45, 7) is 0. The number of hydrogen-bond acceptors (Lipinski definition) is 4. The van der Waals surface area contributed by atoms with Crippen LogP contribution in [0, 0.1) is 0 Å². The second kappa shape index (κ2) is 7.85. The Kier molecular flexibility index (Phi) is 5.31. The number of nitrogens with zero attached hydrogens (tertiary/aromatic N) is 3. The largest absolute Gasteiger partial charge is 0.248 e. The van der Waals surface area contributed by atoms with Gasteiger partial charge in [-0.1, -0.05) is 42.5 Å². The van der Waals surface area contributed by atoms with E-state index < -0.39 is 11.0 Å². The van der Waals surface area contributed by atoms with Crippen LogP contribution in [0.25, 0.3) is 16.4 Å². The first-order valence-electron chi connectivity index (χ1n) is 8.10. The minimum atomic E-state index is -1.46. The van der Waals surface area contributed by atoms with Crippen LogP contribution in [0.5, 0.6) is 0 Å². The van der Waals surface area contributed by atoms with Gasteiger partial charge in [0.2, 0.25) is 5.13 Å². The van der Waals surface area contributed by atoms with Crippen molar-refractivity contribution in [1.82, 2.24) is 14.8 Å². The van der Waals surface area contributed by atoms with E-state index in [1.807, 2.05) is 46.6 Å². The Morgan fingerprint density at radius 1 is 1.11 bits per heavy atom. The zero-order chi connectivity index (χ0) is 18.8. The third-order valence-electron chi connectivity index (χ3n) is 4.05. The fraction of sp³-hybridized carbons (Fsp3) is 0.0526. The molecule has 8 heteroatoms. The van der Waals surface area contributed by atoms with Crippen molar-refractivity contribution >= 4 is 38.3 Å². The van der Waals surface area contributed by atoms with E-state index >= 15 is 0 Å². The number of hydrogen-bond donors (Lipinski definition) is 1. The number of rotatable bonds is 5. The summed E-state index contributed by atoms with van der Waals surface area (Å²) in [5.74, 6) is 0. The smallest absolute Gasteiger partial charge is 0.211 e. The molecule has 0 aliphatic heterocycles. The van der Waals surface area contributed by atoms with Gasteiger partial charge >= 0.3 is 0 Å². The highest BCUT2D eigenvalue weighted by Crippen LogP contribution is 2.27. The maximum atomic E-state index is 11.4. The van der Waals surface area contributed by atoms with E-state index in [0.29, 0.717) is 11.3 Å². The summed E-state index contributed by atoms with van der Waals surface area (Å²) in [6.07, 6.45) is 2.72. The summed E-state index contributed by atoms with van der Waals surface area (Å²) in [6, 6.07) is 17.6. The second-order valence-corrected chi connectivity index (χ2v) is 8.60. The molecule has 1 unspecified atom stereocenters. The van der Waals surface area contributed by atoms with Gasteiger partial charge in [0.05, 0.1) is 10.6 Å². The van der Waals surface area contributed by atoms with E-state index in [9.17, 15) is 4.21 Å². The van der Waals surface area contributed by atoms with Crippen LogP contribution < -0.4 is 5.14 Å². The molecule has 0 amide bonds. The van der Waals surface area contributed by atoms with Crippen LogP contribution in [-0.2, 0) is 17.4 Å². The summed E-state index contributed by atoms with van der Waals surface area (Å²) in [5, 5.41) is 13.0. The zero-order valence-electron chi connectivity index (χ0n) is 14.1. The molecule has 0 fully saturated rings. The molecule has 27 heavy (non-hydrogen) atoms. The van der Waals surface area contributed by atoms with Crippen LogP contribution >= 0.6 is 27.3 Å². The molecule has 4 rings (SSSR count). The quantitative estimate of drug-likeness (QED) is 0.483. The van der Waals surface area contributed by atoms with Gasteiger partial charge in [0.25, 0.3) is 0 Å². The highest BCUT2D eigenvalue weighted by atomic mass is 79.9. The van der Waals surface area contributed by atoms with Crippen LogP contribution in [0.1, 0.15) is 11.1 Å². The van der Waals surface area contributed by atoms with Crippen molar-refractivity contribution in [2.45, 2.75) is 11.3 Å². The Bertz CT molecular complexity index is 1090. The maximum Gasteiger partial charge on any atom is 0.211 e. The fourth-order valence-corrected chi connectivity index (χ4v) is 4.37. The molecule has 0 aliphatic rings. The van der Waals surface area contributed by atoms with E-state index in [4.69, 9.17) is 10.2 Å². The lowest BCUT2D eigenvalue weighted by Gasteiger charge is -2.04. The summed E-state index contributed by atoms with van der Waals surface area (Å²) >= 11 is 4.92. The lowest BCUT2D eigenvalue weighted by atomic mass is 10.0. The van der Waals surface area contributed by atoms with Crippen molar-refractivity contribution in [1.29, 1.82) is 0 Å². The number of nitrogens with two attached hydrogens (primary N) is 1. The second-order valence-electron chi connectivity index (χ2n) is 5.88. The predicted molar refractivity (Wildman–Crippen MR) is 112 cm³/mol. The Morgan fingerprint density at radius 3 is 2.48 bits per heavy atom. The molecule has 2 heterocycles. The predicted octanol–water partition coefficient (Wildman–Crippen LogP) is 4.33. The molecule has 1 atom stereocenters. The SMILES string of the molecule is NS(=O)c1ccc(Cc2cn(-c3nc(Br)cs3)nc2-c2ccccc2)cc1. The zero-order valence-corrected chi connectivity index (χ0v) is 17.3. The van der Waals surface area contributed by atoms with E-state index in [2.05, 4.69) is 33.0 Å². The van der Waals surface area contributed by atoms with E-state index in [0.717, 1.165) is 32.1 Å². The Hall–Kier alpha value is -2.13. The first kappa shape index (κ1) is 18.2. The van der Waals surface area contributed by atoms with Crippen molar-refractivity contribution in [3.8, 4) is 16.4 Å². The van der Waals surface area contributed by atoms with E-state index in [1.165, 1.54) is 11.3 Å². The van der Waals surface area contributed by atoms with Gasteiger partial charge in [-0.05, 0) is 33.6 Å². The molecular weight excluding hydrogens is 444 g/mol. The van der Waals surface area contributed by atoms with Crippen LogP contribution in [0.2, 0.25) is 0 Å². The van der Waals surface area contributed by atoms with Crippen molar-refractivity contribution in [3.05, 3.63) is 81.9 Å². The molecule has 0 spiro atoms. The third-order valence-corrected chi connectivity index (χ3v) is 6.32. The van der Waals surface area contributed by atoms with Crippen LogP contribution in [-0.4, -0.2) is 19.0 Å². The average molecular weight is 459 g/mol. The van der Waals surface area contributed by atoms with Crippen molar-refractivity contribution in [2.75, 3.05) is 0 Å². The molecule has 5 nitrogen and oxygen atoms in total. The van der Waals surface area contributed by atoms with Gasteiger partial charge in [-0.2, -0.15) is 5.10 Å². The maximum absolute atomic E-state index is 11.4. The molecule has 2 aromatic heterocycles. The molecule has 0 saturated carbocycles. The monoisotopic (exact) mass is 458 g/mol. The molecule has 0 bridgehead atoms. The van der Waals surface area contributed by atoms with Gasteiger partial charge in [-0.25, -0.2) is 19.0 Å². The normalized spacial score (nSPS) is 12.2. The number of benzene rings is 2. The number of aromatic nitrogens is 3. The van der Waals surface area contributed by atoms with Crippen molar-refractivity contribution in [2.24, 2.45) is 5.14 Å². The Balaban J connectivity index is 1.73. The Morgan fingerprint density at radius 2 is 1.85 bits per heavy atom. The Labute approximate surface area is 171 Å². The summed E-state index contributed by atoms with van der Waals surface area (Å²) in [5.41, 5.74) is 4.17.